The molecule has 0 bridgehead atoms. The second-order valence-electron chi connectivity index (χ2n) is 3.72. The monoisotopic (exact) mass is 178 g/mol. The van der Waals surface area contributed by atoms with E-state index in [9.17, 15) is 0 Å². The van der Waals surface area contributed by atoms with Crippen LogP contribution in [-0.2, 0) is 0 Å². The van der Waals surface area contributed by atoms with E-state index < -0.39 is 0 Å². The lowest BCUT2D eigenvalue weighted by atomic mass is 9.89. The van der Waals surface area contributed by atoms with Crippen molar-refractivity contribution in [3.8, 4) is 0 Å². The Hall–Kier alpha value is -0.285. The SMILES string of the molecule is Bc1cc(C(C)C)cc(C)c1P. The van der Waals surface area contributed by atoms with Gasteiger partial charge in [0.1, 0.15) is 7.85 Å². The third-order valence-electron chi connectivity index (χ3n) is 2.28. The molecule has 0 radical (unpaired) electrons. The Morgan fingerprint density at radius 3 is 2.33 bits per heavy atom. The van der Waals surface area contributed by atoms with Gasteiger partial charge in [0.05, 0.1) is 0 Å². The van der Waals surface area contributed by atoms with Crippen LogP contribution in [0.4, 0.5) is 0 Å². The van der Waals surface area contributed by atoms with Gasteiger partial charge >= 0.3 is 0 Å². The van der Waals surface area contributed by atoms with Gasteiger partial charge in [-0.3, -0.25) is 0 Å². The van der Waals surface area contributed by atoms with E-state index >= 15 is 0 Å². The van der Waals surface area contributed by atoms with E-state index in [4.69, 9.17) is 0 Å². The first-order valence-electron chi connectivity index (χ1n) is 4.39. The number of hydrogen-bond acceptors (Lipinski definition) is 0. The Labute approximate surface area is 78.4 Å². The van der Waals surface area contributed by atoms with Crippen LogP contribution in [0.3, 0.4) is 0 Å². The van der Waals surface area contributed by atoms with Crippen LogP contribution in [0, 0.1) is 6.92 Å². The van der Waals surface area contributed by atoms with Crippen molar-refractivity contribution in [2.75, 3.05) is 0 Å². The Bertz CT molecular complexity index is 269. The van der Waals surface area contributed by atoms with Crippen LogP contribution >= 0.6 is 9.24 Å². The largest absolute Gasteiger partial charge is 0.140 e. The Kier molecular flexibility index (Phi) is 2.96. The summed E-state index contributed by atoms with van der Waals surface area (Å²) in [6.07, 6.45) is 0. The van der Waals surface area contributed by atoms with Crippen molar-refractivity contribution in [2.24, 2.45) is 0 Å². The van der Waals surface area contributed by atoms with Crippen molar-refractivity contribution in [3.05, 3.63) is 23.3 Å². The number of aryl methyl sites for hydroxylation is 1. The predicted octanol–water partition coefficient (Wildman–Crippen LogP) is 0.877. The minimum Gasteiger partial charge on any atom is -0.106 e. The van der Waals surface area contributed by atoms with E-state index in [1.165, 1.54) is 21.9 Å². The molecule has 1 aromatic rings. The fourth-order valence-corrected chi connectivity index (χ4v) is 1.51. The van der Waals surface area contributed by atoms with Gasteiger partial charge in [0.25, 0.3) is 0 Å². The van der Waals surface area contributed by atoms with E-state index in [-0.39, 0.29) is 0 Å². The molecule has 0 amide bonds. The highest BCUT2D eigenvalue weighted by Gasteiger charge is 2.03. The van der Waals surface area contributed by atoms with Crippen LogP contribution in [0.5, 0.6) is 0 Å². The molecule has 0 heterocycles. The summed E-state index contributed by atoms with van der Waals surface area (Å²) in [7, 11) is 4.97. The summed E-state index contributed by atoms with van der Waals surface area (Å²) in [5, 5.41) is 1.35. The van der Waals surface area contributed by atoms with Crippen LogP contribution in [0.2, 0.25) is 0 Å². The lowest BCUT2D eigenvalue weighted by Gasteiger charge is -2.11. The van der Waals surface area contributed by atoms with E-state index in [1.54, 1.807) is 0 Å². The lowest BCUT2D eigenvalue weighted by molar-refractivity contribution is 0.867. The minimum atomic E-state index is 0.632. The fourth-order valence-electron chi connectivity index (χ4n) is 1.34. The molecule has 1 atom stereocenters. The van der Waals surface area contributed by atoms with E-state index in [0.29, 0.717) is 5.92 Å². The van der Waals surface area contributed by atoms with E-state index in [1.807, 2.05) is 0 Å². The van der Waals surface area contributed by atoms with Gasteiger partial charge in [-0.15, -0.1) is 9.24 Å². The summed E-state index contributed by atoms with van der Waals surface area (Å²) in [4.78, 5) is 0. The maximum Gasteiger partial charge on any atom is 0.140 e. The zero-order chi connectivity index (χ0) is 9.30. The summed E-state index contributed by atoms with van der Waals surface area (Å²) in [5.41, 5.74) is 4.20. The van der Waals surface area contributed by atoms with Crippen molar-refractivity contribution < 1.29 is 0 Å². The first-order chi connectivity index (χ1) is 5.52. The topological polar surface area (TPSA) is 0 Å². The number of benzene rings is 1. The van der Waals surface area contributed by atoms with Gasteiger partial charge in [-0.2, -0.15) is 0 Å². The molecular formula is C10H16BP. The maximum atomic E-state index is 2.80. The van der Waals surface area contributed by atoms with Crippen molar-refractivity contribution in [3.63, 3.8) is 0 Å². The van der Waals surface area contributed by atoms with E-state index in [2.05, 4.69) is 50.0 Å². The van der Waals surface area contributed by atoms with Crippen molar-refractivity contribution in [2.45, 2.75) is 26.7 Å². The molecule has 0 spiro atoms. The zero-order valence-electron chi connectivity index (χ0n) is 8.31. The average Bonchev–Trinajstić information content (AvgIpc) is 1.99. The van der Waals surface area contributed by atoms with Gasteiger partial charge in [-0.25, -0.2) is 0 Å². The Morgan fingerprint density at radius 1 is 1.33 bits per heavy atom. The van der Waals surface area contributed by atoms with Gasteiger partial charge in [0, 0.05) is 0 Å². The number of rotatable bonds is 1. The van der Waals surface area contributed by atoms with Crippen molar-refractivity contribution in [1.82, 2.24) is 0 Å². The van der Waals surface area contributed by atoms with Crippen LogP contribution < -0.4 is 10.8 Å². The van der Waals surface area contributed by atoms with Crippen LogP contribution in [0.1, 0.15) is 30.9 Å². The molecule has 1 aromatic carbocycles. The smallest absolute Gasteiger partial charge is 0.106 e. The summed E-state index contributed by atoms with van der Waals surface area (Å²) in [5.74, 6) is 0.632. The quantitative estimate of drug-likeness (QED) is 0.442. The van der Waals surface area contributed by atoms with Gasteiger partial charge in [0.15, 0.2) is 0 Å². The number of hydrogen-bond donors (Lipinski definition) is 0. The molecular weight excluding hydrogens is 162 g/mol. The first-order valence-corrected chi connectivity index (χ1v) is 4.96. The predicted molar refractivity (Wildman–Crippen MR) is 62.8 cm³/mol. The Morgan fingerprint density at radius 2 is 1.92 bits per heavy atom. The standard InChI is InChI=1S/C10H16BP/c1-6(2)8-4-7(3)10(12)9(11)5-8/h4-6H,11-12H2,1-3H3. The zero-order valence-corrected chi connectivity index (χ0v) is 9.46. The van der Waals surface area contributed by atoms with Gasteiger partial charge in [0.2, 0.25) is 0 Å². The second kappa shape index (κ2) is 3.62. The third-order valence-corrected chi connectivity index (χ3v) is 3.19. The molecule has 0 aliphatic heterocycles. The molecule has 0 N–H and O–H groups in total. The highest BCUT2D eigenvalue weighted by Crippen LogP contribution is 2.13. The van der Waals surface area contributed by atoms with Crippen molar-refractivity contribution >= 4 is 27.9 Å². The molecule has 2 heteroatoms. The molecule has 0 saturated carbocycles. The molecule has 0 aliphatic rings. The molecule has 0 aliphatic carbocycles. The summed E-state index contributed by atoms with van der Waals surface area (Å²) in [6, 6.07) is 4.56. The molecule has 1 rings (SSSR count). The minimum absolute atomic E-state index is 0.632. The van der Waals surface area contributed by atoms with Gasteiger partial charge < -0.3 is 0 Å². The van der Waals surface area contributed by atoms with E-state index in [0.717, 1.165) is 0 Å². The van der Waals surface area contributed by atoms with Crippen LogP contribution in [0.25, 0.3) is 0 Å². The highest BCUT2D eigenvalue weighted by molar-refractivity contribution is 7.28. The van der Waals surface area contributed by atoms with Gasteiger partial charge in [-0.05, 0) is 29.3 Å². The second-order valence-corrected chi connectivity index (χ2v) is 4.30. The van der Waals surface area contributed by atoms with Gasteiger partial charge in [-0.1, -0.05) is 31.4 Å². The Balaban J connectivity index is 3.21. The van der Waals surface area contributed by atoms with Crippen molar-refractivity contribution in [1.29, 1.82) is 0 Å². The molecule has 0 nitrogen and oxygen atoms in total. The molecule has 0 aromatic heterocycles. The van der Waals surface area contributed by atoms with Crippen LogP contribution in [0.15, 0.2) is 12.1 Å². The normalized spacial score (nSPS) is 10.8. The molecule has 64 valence electrons. The molecule has 12 heavy (non-hydrogen) atoms. The summed E-state index contributed by atoms with van der Waals surface area (Å²) >= 11 is 0. The third kappa shape index (κ3) is 1.90. The van der Waals surface area contributed by atoms with Crippen LogP contribution in [-0.4, -0.2) is 7.85 Å². The lowest BCUT2D eigenvalue weighted by Crippen LogP contribution is -2.22. The molecule has 0 saturated heterocycles. The summed E-state index contributed by atoms with van der Waals surface area (Å²) in [6.45, 7) is 6.63. The average molecular weight is 178 g/mol. The highest BCUT2D eigenvalue weighted by atomic mass is 31.0. The molecule has 1 unspecified atom stereocenters. The maximum absolute atomic E-state index is 2.80. The first kappa shape index (κ1) is 9.80. The molecule has 0 fully saturated rings. The fraction of sp³-hybridized carbons (Fsp3) is 0.400. The summed E-state index contributed by atoms with van der Waals surface area (Å²) < 4.78 is 0.